The number of hydrogen-bond donors (Lipinski definition) is 0. The molecule has 3 aliphatic heterocycles. The lowest BCUT2D eigenvalue weighted by Crippen LogP contribution is -2.18. The number of esters is 1. The van der Waals surface area contributed by atoms with Crippen molar-refractivity contribution in [2.24, 2.45) is 21.1 Å². The third-order valence-corrected chi connectivity index (χ3v) is 2.25. The Kier molecular flexibility index (Phi) is 1.10. The van der Waals surface area contributed by atoms with Crippen LogP contribution in [0.2, 0.25) is 0 Å². The molecule has 0 saturated heterocycles. The molecule has 0 amide bonds. The van der Waals surface area contributed by atoms with Crippen LogP contribution in [0.25, 0.3) is 0 Å². The van der Waals surface area contributed by atoms with E-state index in [0.29, 0.717) is 18.0 Å². The number of rotatable bonds is 0. The van der Waals surface area contributed by atoms with E-state index in [9.17, 15) is 4.79 Å². The number of fused-ring (bicyclic) bond motifs is 2. The van der Waals surface area contributed by atoms with Crippen molar-refractivity contribution in [3.63, 3.8) is 0 Å². The van der Waals surface area contributed by atoms with Gasteiger partial charge in [0, 0.05) is 5.57 Å². The molecule has 0 aromatic carbocycles. The molecule has 0 bridgehead atoms. The number of amidine groups is 1. The van der Waals surface area contributed by atoms with E-state index >= 15 is 0 Å². The number of carbonyl (C=O) groups excluding carboxylic acids is 1. The summed E-state index contributed by atoms with van der Waals surface area (Å²) in [5.74, 6) is 0.143. The lowest BCUT2D eigenvalue weighted by molar-refractivity contribution is -0.138. The Bertz CT molecular complexity index is 417. The van der Waals surface area contributed by atoms with Crippen molar-refractivity contribution in [2.75, 3.05) is 0 Å². The predicted molar refractivity (Wildman–Crippen MR) is 42.7 cm³/mol. The van der Waals surface area contributed by atoms with Crippen LogP contribution in [-0.2, 0) is 9.53 Å². The average molecular weight is 175 g/mol. The minimum absolute atomic E-state index is 0.231. The average Bonchev–Trinajstić information content (AvgIpc) is 2.70. The summed E-state index contributed by atoms with van der Waals surface area (Å²) in [7, 11) is 0. The van der Waals surface area contributed by atoms with E-state index in [1.807, 2.05) is 0 Å². The summed E-state index contributed by atoms with van der Waals surface area (Å²) in [4.78, 5) is 15.3. The summed E-state index contributed by atoms with van der Waals surface area (Å²) < 4.78 is 4.76. The molecule has 5 heteroatoms. The second-order valence-corrected chi connectivity index (χ2v) is 3.04. The van der Waals surface area contributed by atoms with Crippen molar-refractivity contribution < 1.29 is 9.53 Å². The van der Waals surface area contributed by atoms with Crippen molar-refractivity contribution in [1.29, 1.82) is 0 Å². The number of cyclic esters (lactones) is 1. The van der Waals surface area contributed by atoms with Crippen LogP contribution in [0.3, 0.4) is 0 Å². The van der Waals surface area contributed by atoms with Gasteiger partial charge in [0.05, 0.1) is 11.9 Å². The number of carbonyl (C=O) groups is 1. The van der Waals surface area contributed by atoms with Crippen molar-refractivity contribution in [3.05, 3.63) is 23.7 Å². The molecular formula is C8H5N3O2. The molecule has 5 nitrogen and oxygen atoms in total. The van der Waals surface area contributed by atoms with Crippen molar-refractivity contribution in [2.45, 2.75) is 6.42 Å². The van der Waals surface area contributed by atoms with Gasteiger partial charge in [0.2, 0.25) is 0 Å². The Morgan fingerprint density at radius 1 is 1.54 bits per heavy atom. The first-order chi connectivity index (χ1) is 6.34. The van der Waals surface area contributed by atoms with E-state index in [4.69, 9.17) is 4.74 Å². The summed E-state index contributed by atoms with van der Waals surface area (Å²) in [6.07, 6.45) is 3.64. The number of aliphatic imine (C=N–C) groups is 1. The van der Waals surface area contributed by atoms with E-state index < -0.39 is 0 Å². The summed E-state index contributed by atoms with van der Waals surface area (Å²) in [6.45, 7) is 0. The third kappa shape index (κ3) is 0.809. The molecule has 13 heavy (non-hydrogen) atoms. The van der Waals surface area contributed by atoms with Gasteiger partial charge >= 0.3 is 5.97 Å². The highest BCUT2D eigenvalue weighted by Gasteiger charge is 2.36. The van der Waals surface area contributed by atoms with E-state index in [2.05, 4.69) is 15.2 Å². The molecule has 1 unspecified atom stereocenters. The topological polar surface area (TPSA) is 63.4 Å². The van der Waals surface area contributed by atoms with Gasteiger partial charge in [0.1, 0.15) is 12.2 Å². The van der Waals surface area contributed by atoms with E-state index in [0.717, 1.165) is 5.57 Å². The van der Waals surface area contributed by atoms with Crippen LogP contribution in [0, 0.1) is 5.92 Å². The van der Waals surface area contributed by atoms with Crippen molar-refractivity contribution in [3.8, 4) is 0 Å². The molecule has 3 heterocycles. The zero-order valence-corrected chi connectivity index (χ0v) is 6.60. The van der Waals surface area contributed by atoms with E-state index in [1.165, 1.54) is 6.26 Å². The second-order valence-electron chi connectivity index (χ2n) is 3.04. The highest BCUT2D eigenvalue weighted by Crippen LogP contribution is 2.34. The first kappa shape index (κ1) is 6.71. The zero-order chi connectivity index (χ0) is 8.84. The predicted octanol–water partition coefficient (Wildman–Crippen LogP) is 1.15. The molecule has 3 aliphatic rings. The molecule has 1 atom stereocenters. The van der Waals surface area contributed by atoms with Crippen LogP contribution < -0.4 is 0 Å². The fraction of sp³-hybridized carbons (Fsp3) is 0.250. The maximum atomic E-state index is 11.2. The minimum Gasteiger partial charge on any atom is -0.432 e. The fourth-order valence-electron chi connectivity index (χ4n) is 1.55. The van der Waals surface area contributed by atoms with Gasteiger partial charge in [-0.05, 0) is 6.42 Å². The van der Waals surface area contributed by atoms with Crippen LogP contribution in [0.5, 0.6) is 0 Å². The lowest BCUT2D eigenvalue weighted by Gasteiger charge is -2.13. The molecule has 64 valence electrons. The quantitative estimate of drug-likeness (QED) is 0.518. The summed E-state index contributed by atoms with van der Waals surface area (Å²) in [5.41, 5.74) is 1.58. The van der Waals surface area contributed by atoms with Crippen molar-refractivity contribution >= 4 is 11.8 Å². The van der Waals surface area contributed by atoms with Gasteiger partial charge < -0.3 is 4.74 Å². The molecule has 0 saturated carbocycles. The molecule has 0 spiro atoms. The Balaban J connectivity index is 2.09. The monoisotopic (exact) mass is 175 g/mol. The van der Waals surface area contributed by atoms with Gasteiger partial charge in [-0.25, -0.2) is 4.99 Å². The molecule has 0 fully saturated rings. The normalized spacial score (nSPS) is 28.8. The lowest BCUT2D eigenvalue weighted by atomic mass is 9.95. The third-order valence-electron chi connectivity index (χ3n) is 2.25. The zero-order valence-electron chi connectivity index (χ0n) is 6.60. The largest absolute Gasteiger partial charge is 0.432 e. The molecule has 0 radical (unpaired) electrons. The molecule has 0 aromatic rings. The second kappa shape index (κ2) is 2.12. The van der Waals surface area contributed by atoms with Gasteiger partial charge in [-0.15, -0.1) is 5.11 Å². The van der Waals surface area contributed by atoms with Crippen LogP contribution in [-0.4, -0.2) is 11.8 Å². The highest BCUT2D eigenvalue weighted by atomic mass is 16.5. The van der Waals surface area contributed by atoms with Gasteiger partial charge in [0.15, 0.2) is 5.84 Å². The summed E-state index contributed by atoms with van der Waals surface area (Å²) in [5, 5.41) is 7.55. The molecule has 0 N–H and O–H groups in total. The van der Waals surface area contributed by atoms with Crippen LogP contribution >= 0.6 is 0 Å². The molecule has 0 aromatic heterocycles. The van der Waals surface area contributed by atoms with Crippen LogP contribution in [0.1, 0.15) is 6.42 Å². The maximum absolute atomic E-state index is 11.2. The Morgan fingerprint density at radius 2 is 2.46 bits per heavy atom. The first-order valence-corrected chi connectivity index (χ1v) is 3.94. The van der Waals surface area contributed by atoms with Gasteiger partial charge in [-0.1, -0.05) is 0 Å². The molecular weight excluding hydrogens is 170 g/mol. The Morgan fingerprint density at radius 3 is 3.38 bits per heavy atom. The fourth-order valence-corrected chi connectivity index (χ4v) is 1.55. The van der Waals surface area contributed by atoms with E-state index in [-0.39, 0.29) is 11.9 Å². The van der Waals surface area contributed by atoms with E-state index in [1.54, 1.807) is 6.20 Å². The highest BCUT2D eigenvalue weighted by molar-refractivity contribution is 6.03. The number of nitrogens with zero attached hydrogens (tertiary/aromatic N) is 3. The summed E-state index contributed by atoms with van der Waals surface area (Å²) in [6, 6.07) is 0. The van der Waals surface area contributed by atoms with Gasteiger partial charge in [0.25, 0.3) is 0 Å². The SMILES string of the molecule is O=C1OC=C2N=C3N=NC=C3CC12. The Labute approximate surface area is 73.5 Å². The van der Waals surface area contributed by atoms with Crippen molar-refractivity contribution in [1.82, 2.24) is 0 Å². The standard InChI is InChI=1S/C8H5N3O2/c12-8-5-1-4-2-9-11-7(4)10-6(5)3-13-8/h2-3,5H,1H2. The smallest absolute Gasteiger partial charge is 0.320 e. The number of azo groups is 1. The van der Waals surface area contributed by atoms with Gasteiger partial charge in [-0.2, -0.15) is 5.11 Å². The van der Waals surface area contributed by atoms with Crippen LogP contribution in [0.15, 0.2) is 39.0 Å². The maximum Gasteiger partial charge on any atom is 0.320 e. The first-order valence-electron chi connectivity index (χ1n) is 3.94. The molecule has 0 aliphatic carbocycles. The number of ether oxygens (including phenoxy) is 1. The van der Waals surface area contributed by atoms with Crippen LogP contribution in [0.4, 0.5) is 0 Å². The molecule has 3 rings (SSSR count). The Hall–Kier alpha value is -1.78. The summed E-state index contributed by atoms with van der Waals surface area (Å²) >= 11 is 0. The number of hydrogen-bond acceptors (Lipinski definition) is 5. The van der Waals surface area contributed by atoms with Gasteiger partial charge in [-0.3, -0.25) is 4.79 Å². The minimum atomic E-state index is -0.238.